The van der Waals surface area contributed by atoms with Crippen molar-refractivity contribution in [3.8, 4) is 5.75 Å². The Balaban J connectivity index is 2.94. The zero-order valence-electron chi connectivity index (χ0n) is 9.43. The molecule has 0 saturated carbocycles. The zero-order chi connectivity index (χ0) is 12.8. The van der Waals surface area contributed by atoms with Crippen LogP contribution >= 0.6 is 0 Å². The van der Waals surface area contributed by atoms with Gasteiger partial charge in [-0.2, -0.15) is 8.42 Å². The molecule has 4 nitrogen and oxygen atoms in total. The summed E-state index contributed by atoms with van der Waals surface area (Å²) in [6.45, 7) is 3.34. The monoisotopic (exact) mass is 252 g/mol. The van der Waals surface area contributed by atoms with E-state index in [2.05, 4.69) is 0 Å². The first-order valence-electron chi connectivity index (χ1n) is 5.01. The standard InChI is InChI=1S/C12H12O4S/c1-7-3-4-9-6-11(17(14,15)16)8(2)12(13)10(9)5-7/h3-6,13H,1-2H3,(H,14,15,16). The van der Waals surface area contributed by atoms with E-state index in [1.807, 2.05) is 13.0 Å². The third kappa shape index (κ3) is 1.99. The van der Waals surface area contributed by atoms with Crippen molar-refractivity contribution in [2.75, 3.05) is 0 Å². The third-order valence-corrected chi connectivity index (χ3v) is 3.73. The average Bonchev–Trinajstić information content (AvgIpc) is 2.22. The normalized spacial score (nSPS) is 11.9. The molecule has 0 bridgehead atoms. The van der Waals surface area contributed by atoms with Crippen LogP contribution in [0, 0.1) is 13.8 Å². The molecular formula is C12H12O4S. The Kier molecular flexibility index (Phi) is 2.60. The number of phenolic OH excluding ortho intramolecular Hbond substituents is 1. The van der Waals surface area contributed by atoms with E-state index in [9.17, 15) is 13.5 Å². The lowest BCUT2D eigenvalue weighted by molar-refractivity contribution is 0.466. The van der Waals surface area contributed by atoms with Gasteiger partial charge >= 0.3 is 0 Å². The minimum Gasteiger partial charge on any atom is -0.507 e. The van der Waals surface area contributed by atoms with Crippen LogP contribution in [0.2, 0.25) is 0 Å². The first-order chi connectivity index (χ1) is 7.80. The molecule has 0 heterocycles. The van der Waals surface area contributed by atoms with Crippen molar-refractivity contribution in [1.82, 2.24) is 0 Å². The Labute approximate surface area is 99.3 Å². The van der Waals surface area contributed by atoms with Crippen LogP contribution in [-0.2, 0) is 10.1 Å². The molecule has 0 radical (unpaired) electrons. The second-order valence-corrected chi connectivity index (χ2v) is 5.44. The van der Waals surface area contributed by atoms with Crippen molar-refractivity contribution in [2.45, 2.75) is 18.7 Å². The van der Waals surface area contributed by atoms with Gasteiger partial charge in [0.2, 0.25) is 0 Å². The van der Waals surface area contributed by atoms with Gasteiger partial charge < -0.3 is 5.11 Å². The Morgan fingerprint density at radius 2 is 1.76 bits per heavy atom. The van der Waals surface area contributed by atoms with E-state index in [4.69, 9.17) is 4.55 Å². The maximum Gasteiger partial charge on any atom is 0.294 e. The van der Waals surface area contributed by atoms with Gasteiger partial charge in [0.05, 0.1) is 0 Å². The maximum absolute atomic E-state index is 11.2. The van der Waals surface area contributed by atoms with Crippen molar-refractivity contribution < 1.29 is 18.1 Å². The SMILES string of the molecule is Cc1ccc2cc(S(=O)(=O)O)c(C)c(O)c2c1. The molecule has 0 aliphatic carbocycles. The Hall–Kier alpha value is -1.59. The molecule has 2 rings (SSSR count). The molecule has 0 aromatic heterocycles. The minimum absolute atomic E-state index is 0.112. The van der Waals surface area contributed by atoms with E-state index in [0.29, 0.717) is 10.8 Å². The van der Waals surface area contributed by atoms with Gasteiger partial charge in [0.15, 0.2) is 0 Å². The van der Waals surface area contributed by atoms with Gasteiger partial charge in [-0.15, -0.1) is 0 Å². The summed E-state index contributed by atoms with van der Waals surface area (Å²) in [5.41, 5.74) is 1.12. The zero-order valence-corrected chi connectivity index (χ0v) is 10.2. The van der Waals surface area contributed by atoms with Crippen molar-refractivity contribution in [2.24, 2.45) is 0 Å². The molecule has 17 heavy (non-hydrogen) atoms. The topological polar surface area (TPSA) is 74.6 Å². The summed E-state index contributed by atoms with van der Waals surface area (Å²) in [4.78, 5) is -0.258. The summed E-state index contributed by atoms with van der Waals surface area (Å²) in [5.74, 6) is -0.112. The highest BCUT2D eigenvalue weighted by Gasteiger charge is 2.18. The quantitative estimate of drug-likeness (QED) is 0.764. The van der Waals surface area contributed by atoms with E-state index in [-0.39, 0.29) is 16.2 Å². The molecule has 0 aliphatic rings. The van der Waals surface area contributed by atoms with Gasteiger partial charge in [-0.05, 0) is 31.4 Å². The Bertz CT molecular complexity index is 702. The number of hydrogen-bond donors (Lipinski definition) is 2. The highest BCUT2D eigenvalue weighted by molar-refractivity contribution is 7.85. The van der Waals surface area contributed by atoms with Crippen LogP contribution in [0.25, 0.3) is 10.8 Å². The third-order valence-electron chi connectivity index (χ3n) is 2.75. The molecule has 0 saturated heterocycles. The molecular weight excluding hydrogens is 240 g/mol. The first-order valence-corrected chi connectivity index (χ1v) is 6.45. The summed E-state index contributed by atoms with van der Waals surface area (Å²) in [6.07, 6.45) is 0. The molecule has 0 amide bonds. The molecule has 0 fully saturated rings. The number of aryl methyl sites for hydroxylation is 1. The lowest BCUT2D eigenvalue weighted by Gasteiger charge is -2.09. The van der Waals surface area contributed by atoms with Gasteiger partial charge in [-0.1, -0.05) is 17.7 Å². The lowest BCUT2D eigenvalue weighted by atomic mass is 10.0. The average molecular weight is 252 g/mol. The van der Waals surface area contributed by atoms with Gasteiger partial charge in [0, 0.05) is 10.9 Å². The number of aromatic hydroxyl groups is 1. The predicted octanol–water partition coefficient (Wildman–Crippen LogP) is 2.41. The molecule has 0 aliphatic heterocycles. The lowest BCUT2D eigenvalue weighted by Crippen LogP contribution is -2.01. The largest absolute Gasteiger partial charge is 0.507 e. The molecule has 5 heteroatoms. The number of fused-ring (bicyclic) bond motifs is 1. The van der Waals surface area contributed by atoms with Gasteiger partial charge in [0.1, 0.15) is 10.6 Å². The summed E-state index contributed by atoms with van der Waals surface area (Å²) in [7, 11) is -4.32. The summed E-state index contributed by atoms with van der Waals surface area (Å²) in [5, 5.41) is 11.1. The molecule has 0 unspecified atom stereocenters. The van der Waals surface area contributed by atoms with Crippen molar-refractivity contribution in [3.05, 3.63) is 35.4 Å². The van der Waals surface area contributed by atoms with E-state index >= 15 is 0 Å². The Morgan fingerprint density at radius 1 is 1.12 bits per heavy atom. The van der Waals surface area contributed by atoms with Crippen LogP contribution in [0.5, 0.6) is 5.75 Å². The minimum atomic E-state index is -4.32. The second kappa shape index (κ2) is 3.72. The number of hydrogen-bond acceptors (Lipinski definition) is 3. The van der Waals surface area contributed by atoms with Crippen LogP contribution in [0.3, 0.4) is 0 Å². The summed E-state index contributed by atoms with van der Waals surface area (Å²) in [6, 6.07) is 6.65. The van der Waals surface area contributed by atoms with Crippen LogP contribution in [-0.4, -0.2) is 18.1 Å². The first kappa shape index (κ1) is 11.9. The highest BCUT2D eigenvalue weighted by Crippen LogP contribution is 2.33. The Morgan fingerprint density at radius 3 is 2.35 bits per heavy atom. The van der Waals surface area contributed by atoms with Crippen LogP contribution in [0.1, 0.15) is 11.1 Å². The van der Waals surface area contributed by atoms with E-state index < -0.39 is 10.1 Å². The summed E-state index contributed by atoms with van der Waals surface area (Å²) < 4.78 is 31.4. The van der Waals surface area contributed by atoms with Crippen molar-refractivity contribution in [1.29, 1.82) is 0 Å². The van der Waals surface area contributed by atoms with Crippen molar-refractivity contribution in [3.63, 3.8) is 0 Å². The second-order valence-electron chi connectivity index (χ2n) is 4.05. The molecule has 0 atom stereocenters. The van der Waals surface area contributed by atoms with Crippen LogP contribution < -0.4 is 0 Å². The number of rotatable bonds is 1. The fourth-order valence-electron chi connectivity index (χ4n) is 1.84. The molecule has 90 valence electrons. The highest BCUT2D eigenvalue weighted by atomic mass is 32.2. The molecule has 2 N–H and O–H groups in total. The van der Waals surface area contributed by atoms with E-state index in [1.165, 1.54) is 13.0 Å². The molecule has 2 aromatic rings. The van der Waals surface area contributed by atoms with E-state index in [0.717, 1.165) is 5.56 Å². The van der Waals surface area contributed by atoms with E-state index in [1.54, 1.807) is 12.1 Å². The van der Waals surface area contributed by atoms with Crippen LogP contribution in [0.4, 0.5) is 0 Å². The van der Waals surface area contributed by atoms with Gasteiger partial charge in [-0.25, -0.2) is 0 Å². The van der Waals surface area contributed by atoms with Gasteiger partial charge in [-0.3, -0.25) is 4.55 Å². The maximum atomic E-state index is 11.2. The smallest absolute Gasteiger partial charge is 0.294 e. The number of phenols is 1. The van der Waals surface area contributed by atoms with Gasteiger partial charge in [0.25, 0.3) is 10.1 Å². The van der Waals surface area contributed by atoms with Crippen LogP contribution in [0.15, 0.2) is 29.2 Å². The predicted molar refractivity (Wildman–Crippen MR) is 64.9 cm³/mol. The molecule has 0 spiro atoms. The molecule has 2 aromatic carbocycles. The fourth-order valence-corrected chi connectivity index (χ4v) is 2.60. The fraction of sp³-hybridized carbons (Fsp3) is 0.167. The number of benzene rings is 2. The van der Waals surface area contributed by atoms with Crippen molar-refractivity contribution >= 4 is 20.9 Å². The summed E-state index contributed by atoms with van der Waals surface area (Å²) >= 11 is 0.